The first kappa shape index (κ1) is 28.0. The molecule has 3 N–H and O–H groups in total. The summed E-state index contributed by atoms with van der Waals surface area (Å²) in [6, 6.07) is 20.4. The van der Waals surface area contributed by atoms with Gasteiger partial charge in [-0.3, -0.25) is 5.43 Å². The molecule has 0 bridgehead atoms. The highest BCUT2D eigenvalue weighted by atomic mass is 79.9. The molecule has 3 aromatic heterocycles. The van der Waals surface area contributed by atoms with E-state index >= 15 is 0 Å². The number of hydrogen-bond acceptors (Lipinski definition) is 9. The van der Waals surface area contributed by atoms with Crippen molar-refractivity contribution >= 4 is 71.2 Å². The Balaban J connectivity index is 1.28. The molecule has 0 atom stereocenters. The molecule has 0 amide bonds. The van der Waals surface area contributed by atoms with E-state index in [4.69, 9.17) is 26.3 Å². The summed E-state index contributed by atoms with van der Waals surface area (Å²) in [5.74, 6) is 0. The van der Waals surface area contributed by atoms with E-state index in [1.54, 1.807) is 64.9 Å². The number of hydrazone groups is 1. The van der Waals surface area contributed by atoms with Crippen molar-refractivity contribution in [3.8, 4) is 28.2 Å². The number of nitrogens with two attached hydrogens (primary N) is 1. The Kier molecular flexibility index (Phi) is 7.51. The zero-order valence-electron chi connectivity index (χ0n) is 21.2. The molecular formula is C28H18BrClN6O4S2. The molecule has 6 aromatic rings. The van der Waals surface area contributed by atoms with Gasteiger partial charge in [0.15, 0.2) is 0 Å². The van der Waals surface area contributed by atoms with Crippen molar-refractivity contribution in [3.63, 3.8) is 0 Å². The maximum absolute atomic E-state index is 12.6. The van der Waals surface area contributed by atoms with Crippen LogP contribution in [0.4, 0.5) is 5.13 Å². The second-order valence-electron chi connectivity index (χ2n) is 8.96. The molecule has 3 aromatic carbocycles. The van der Waals surface area contributed by atoms with Gasteiger partial charge in [-0.25, -0.2) is 28.0 Å². The van der Waals surface area contributed by atoms with E-state index < -0.39 is 15.6 Å². The van der Waals surface area contributed by atoms with Crippen LogP contribution in [-0.4, -0.2) is 29.4 Å². The number of nitrogens with zero attached hydrogens (tertiary/aromatic N) is 4. The molecule has 3 heterocycles. The minimum absolute atomic E-state index is 0.000495. The van der Waals surface area contributed by atoms with Gasteiger partial charge in [0.25, 0.3) is 0 Å². The lowest BCUT2D eigenvalue weighted by Crippen LogP contribution is -2.12. The summed E-state index contributed by atoms with van der Waals surface area (Å²) < 4.78 is 31.2. The monoisotopic (exact) mass is 680 g/mol. The molecule has 0 aliphatic rings. The number of sulfonamides is 1. The largest absolute Gasteiger partial charge is 0.422 e. The lowest BCUT2D eigenvalue weighted by Gasteiger charge is -2.03. The van der Waals surface area contributed by atoms with Gasteiger partial charge in [0.1, 0.15) is 11.3 Å². The first-order valence-corrected chi connectivity index (χ1v) is 15.7. The number of rotatable bonds is 7. The predicted molar refractivity (Wildman–Crippen MR) is 168 cm³/mol. The molecule has 0 unspecified atom stereocenters. The van der Waals surface area contributed by atoms with Crippen molar-refractivity contribution < 1.29 is 12.8 Å². The molecule has 0 aliphatic heterocycles. The highest BCUT2D eigenvalue weighted by molar-refractivity contribution is 9.10. The summed E-state index contributed by atoms with van der Waals surface area (Å²) in [7, 11) is -3.82. The fourth-order valence-electron chi connectivity index (χ4n) is 4.11. The highest BCUT2D eigenvalue weighted by Gasteiger charge is 2.14. The SMILES string of the molecule is NS(=O)(=O)c1ccc(-n2cc(/C=N\Nc3nc(-c4cc5cc(Br)ccc5oc4=O)cs3)c(-c3ccc(Cl)cc3)n2)cc1. The van der Waals surface area contributed by atoms with Crippen molar-refractivity contribution in [1.82, 2.24) is 14.8 Å². The lowest BCUT2D eigenvalue weighted by molar-refractivity contribution is 0.563. The number of fused-ring (bicyclic) bond motifs is 1. The van der Waals surface area contributed by atoms with Gasteiger partial charge in [-0.2, -0.15) is 10.2 Å². The summed E-state index contributed by atoms with van der Waals surface area (Å²) in [6.07, 6.45) is 3.35. The van der Waals surface area contributed by atoms with E-state index in [2.05, 4.69) is 31.4 Å². The normalized spacial score (nSPS) is 11.9. The molecule has 6 rings (SSSR count). The fourth-order valence-corrected chi connectivity index (χ4v) is 5.79. The molecule has 10 nitrogen and oxygen atoms in total. The van der Waals surface area contributed by atoms with Gasteiger partial charge in [0, 0.05) is 37.6 Å². The van der Waals surface area contributed by atoms with Gasteiger partial charge in [-0.1, -0.05) is 39.7 Å². The third-order valence-electron chi connectivity index (χ3n) is 6.13. The molecule has 0 saturated carbocycles. The number of halogens is 2. The summed E-state index contributed by atoms with van der Waals surface area (Å²) in [6.45, 7) is 0. The van der Waals surface area contributed by atoms with Crippen molar-refractivity contribution in [2.75, 3.05) is 5.43 Å². The number of nitrogens with one attached hydrogen (secondary N) is 1. The second-order valence-corrected chi connectivity index (χ2v) is 12.7. The van der Waals surface area contributed by atoms with E-state index in [0.29, 0.717) is 43.9 Å². The number of hydrogen-bond donors (Lipinski definition) is 2. The minimum atomic E-state index is -3.82. The zero-order valence-corrected chi connectivity index (χ0v) is 25.2. The second kappa shape index (κ2) is 11.3. The van der Waals surface area contributed by atoms with Gasteiger partial charge in [-0.05, 0) is 60.7 Å². The number of benzene rings is 3. The third kappa shape index (κ3) is 5.91. The van der Waals surface area contributed by atoms with Gasteiger partial charge in [0.05, 0.1) is 28.1 Å². The van der Waals surface area contributed by atoms with Crippen molar-refractivity contribution in [2.24, 2.45) is 10.2 Å². The maximum atomic E-state index is 12.6. The van der Waals surface area contributed by atoms with Crippen LogP contribution < -0.4 is 16.2 Å². The van der Waals surface area contributed by atoms with Crippen LogP contribution in [0.3, 0.4) is 0 Å². The molecule has 210 valence electrons. The first-order valence-electron chi connectivity index (χ1n) is 12.1. The van der Waals surface area contributed by atoms with E-state index in [0.717, 1.165) is 15.4 Å². The highest BCUT2D eigenvalue weighted by Crippen LogP contribution is 2.28. The quantitative estimate of drug-likeness (QED) is 0.115. The van der Waals surface area contributed by atoms with Crippen LogP contribution in [0.5, 0.6) is 0 Å². The minimum Gasteiger partial charge on any atom is -0.422 e. The molecule has 0 radical (unpaired) electrons. The van der Waals surface area contributed by atoms with Crippen molar-refractivity contribution in [1.29, 1.82) is 0 Å². The Hall–Kier alpha value is -4.14. The van der Waals surface area contributed by atoms with Crippen LogP contribution in [0.25, 0.3) is 39.2 Å². The van der Waals surface area contributed by atoms with Crippen LogP contribution in [0.2, 0.25) is 5.02 Å². The van der Waals surface area contributed by atoms with Gasteiger partial charge in [-0.15, -0.1) is 11.3 Å². The fraction of sp³-hybridized carbons (Fsp3) is 0. The van der Waals surface area contributed by atoms with Crippen LogP contribution in [0.15, 0.2) is 108 Å². The van der Waals surface area contributed by atoms with Gasteiger partial charge in [0.2, 0.25) is 15.2 Å². The van der Waals surface area contributed by atoms with Gasteiger partial charge < -0.3 is 4.42 Å². The van der Waals surface area contributed by atoms with Crippen molar-refractivity contribution in [3.05, 3.63) is 110 Å². The number of anilines is 1. The number of aromatic nitrogens is 3. The van der Waals surface area contributed by atoms with Crippen molar-refractivity contribution in [2.45, 2.75) is 4.90 Å². The molecule has 0 spiro atoms. The van der Waals surface area contributed by atoms with E-state index in [-0.39, 0.29) is 4.90 Å². The number of thiazole rings is 1. The topological polar surface area (TPSA) is 145 Å². The van der Waals surface area contributed by atoms with Crippen LogP contribution in [0.1, 0.15) is 5.56 Å². The Morgan fingerprint density at radius 3 is 2.57 bits per heavy atom. The summed E-state index contributed by atoms with van der Waals surface area (Å²) in [5.41, 5.74) is 6.42. The van der Waals surface area contributed by atoms with E-state index in [1.807, 2.05) is 18.2 Å². The molecule has 42 heavy (non-hydrogen) atoms. The maximum Gasteiger partial charge on any atom is 0.345 e. The zero-order chi connectivity index (χ0) is 29.4. The molecule has 0 aliphatic carbocycles. The summed E-state index contributed by atoms with van der Waals surface area (Å²) in [5, 5.41) is 17.8. The Morgan fingerprint density at radius 2 is 1.83 bits per heavy atom. The lowest BCUT2D eigenvalue weighted by atomic mass is 10.1. The Labute approximate surface area is 256 Å². The number of primary sulfonamides is 1. The molecule has 14 heteroatoms. The first-order chi connectivity index (χ1) is 20.1. The molecular weight excluding hydrogens is 664 g/mol. The van der Waals surface area contributed by atoms with Crippen LogP contribution in [0, 0.1) is 0 Å². The van der Waals surface area contributed by atoms with Gasteiger partial charge >= 0.3 is 5.63 Å². The van der Waals surface area contributed by atoms with Crippen LogP contribution in [-0.2, 0) is 10.0 Å². The Bertz CT molecular complexity index is 2140. The average Bonchev–Trinajstić information content (AvgIpc) is 3.61. The van der Waals surface area contributed by atoms with E-state index in [9.17, 15) is 13.2 Å². The van der Waals surface area contributed by atoms with Crippen LogP contribution >= 0.6 is 38.9 Å². The smallest absolute Gasteiger partial charge is 0.345 e. The standard InChI is InChI=1S/C28H18BrClN6O4S2/c29-19-3-10-25-17(11-19)12-23(27(37)40-25)24-15-41-28(33-24)34-32-13-18-14-36(21-6-8-22(9-7-21)42(31,38)39)35-26(18)16-1-4-20(30)5-2-16/h1-15H,(H,33,34)(H2,31,38,39)/b32-13-. The summed E-state index contributed by atoms with van der Waals surface area (Å²) >= 11 is 10.8. The average molecular weight is 682 g/mol. The Morgan fingerprint density at radius 1 is 1.07 bits per heavy atom. The van der Waals surface area contributed by atoms with E-state index in [1.165, 1.54) is 23.5 Å². The molecule has 0 saturated heterocycles. The summed E-state index contributed by atoms with van der Waals surface area (Å²) in [4.78, 5) is 17.1. The third-order valence-corrected chi connectivity index (χ3v) is 8.55. The predicted octanol–water partition coefficient (Wildman–Crippen LogP) is 6.28. The molecule has 0 fully saturated rings.